The number of aryl methyl sites for hydroxylation is 1. The van der Waals surface area contributed by atoms with Gasteiger partial charge in [0.25, 0.3) is 0 Å². The van der Waals surface area contributed by atoms with Crippen molar-refractivity contribution < 1.29 is 4.79 Å². The van der Waals surface area contributed by atoms with Crippen LogP contribution in [0.5, 0.6) is 0 Å². The van der Waals surface area contributed by atoms with Gasteiger partial charge in [0.15, 0.2) is 0 Å². The van der Waals surface area contributed by atoms with E-state index in [0.29, 0.717) is 12.2 Å². The zero-order chi connectivity index (χ0) is 13.0. The Bertz CT molecular complexity index is 481. The monoisotopic (exact) mass is 258 g/mol. The molecule has 3 nitrogen and oxygen atoms in total. The van der Waals surface area contributed by atoms with Crippen molar-refractivity contribution in [1.82, 2.24) is 9.78 Å². The van der Waals surface area contributed by atoms with E-state index in [1.165, 1.54) is 38.5 Å². The molecule has 1 aromatic rings. The van der Waals surface area contributed by atoms with Crippen LogP contribution in [0, 0.1) is 23.2 Å². The van der Waals surface area contributed by atoms with Gasteiger partial charge in [0.05, 0.1) is 12.1 Å². The fourth-order valence-corrected chi connectivity index (χ4v) is 5.36. The zero-order valence-corrected chi connectivity index (χ0v) is 11.6. The van der Waals surface area contributed by atoms with E-state index in [1.807, 2.05) is 19.3 Å². The van der Waals surface area contributed by atoms with E-state index in [0.717, 1.165) is 23.4 Å². The molecule has 0 amide bonds. The van der Waals surface area contributed by atoms with Gasteiger partial charge in [-0.25, -0.2) is 0 Å². The Morgan fingerprint density at radius 1 is 1.26 bits per heavy atom. The normalized spacial score (nSPS) is 39.7. The average Bonchev–Trinajstić information content (AvgIpc) is 2.73. The molecule has 19 heavy (non-hydrogen) atoms. The number of carbonyl (C=O) groups is 1. The number of rotatable bonds is 3. The molecule has 4 fully saturated rings. The number of hydrogen-bond donors (Lipinski definition) is 0. The predicted molar refractivity (Wildman–Crippen MR) is 72.5 cm³/mol. The van der Waals surface area contributed by atoms with Crippen LogP contribution in [0.15, 0.2) is 12.3 Å². The summed E-state index contributed by atoms with van der Waals surface area (Å²) >= 11 is 0. The Morgan fingerprint density at radius 3 is 2.32 bits per heavy atom. The van der Waals surface area contributed by atoms with Crippen LogP contribution in [-0.4, -0.2) is 15.6 Å². The van der Waals surface area contributed by atoms with Gasteiger partial charge in [-0.15, -0.1) is 0 Å². The largest absolute Gasteiger partial charge is 0.299 e. The first-order valence-electron chi connectivity index (χ1n) is 7.65. The highest BCUT2D eigenvalue weighted by Gasteiger charge is 2.54. The van der Waals surface area contributed by atoms with Crippen molar-refractivity contribution in [2.45, 2.75) is 44.9 Å². The quantitative estimate of drug-likeness (QED) is 0.835. The number of hydrogen-bond acceptors (Lipinski definition) is 2. The lowest BCUT2D eigenvalue weighted by Crippen LogP contribution is -2.50. The van der Waals surface area contributed by atoms with Crippen LogP contribution in [0.25, 0.3) is 0 Å². The smallest absolute Gasteiger partial charge is 0.145 e. The lowest BCUT2D eigenvalue weighted by Gasteiger charge is -2.56. The van der Waals surface area contributed by atoms with Crippen LogP contribution in [0.1, 0.15) is 44.2 Å². The Labute approximate surface area is 114 Å². The molecule has 0 N–H and O–H groups in total. The number of aromatic nitrogens is 2. The molecule has 4 bridgehead atoms. The second-order valence-corrected chi connectivity index (χ2v) is 7.28. The fourth-order valence-electron chi connectivity index (χ4n) is 5.36. The van der Waals surface area contributed by atoms with Gasteiger partial charge in [0.2, 0.25) is 0 Å². The Morgan fingerprint density at radius 2 is 1.84 bits per heavy atom. The highest BCUT2D eigenvalue weighted by molar-refractivity contribution is 5.87. The van der Waals surface area contributed by atoms with Gasteiger partial charge in [0, 0.05) is 18.7 Å². The third kappa shape index (κ3) is 1.86. The molecule has 0 spiro atoms. The average molecular weight is 258 g/mol. The highest BCUT2D eigenvalue weighted by Crippen LogP contribution is 2.60. The van der Waals surface area contributed by atoms with E-state index in [-0.39, 0.29) is 5.41 Å². The molecular weight excluding hydrogens is 236 g/mol. The summed E-state index contributed by atoms with van der Waals surface area (Å²) in [6.45, 7) is 0. The third-order valence-electron chi connectivity index (χ3n) is 5.74. The standard InChI is InChI=1S/C16H22N2O/c1-18-3-2-14(17-18)7-15(19)16-8-11-4-12(9-16)6-13(5-11)10-16/h2-3,11-13H,4-10H2,1H3. The fraction of sp³-hybridized carbons (Fsp3) is 0.750. The molecule has 0 aromatic carbocycles. The van der Waals surface area contributed by atoms with Gasteiger partial charge in [-0.3, -0.25) is 9.48 Å². The van der Waals surface area contributed by atoms with Gasteiger partial charge >= 0.3 is 0 Å². The van der Waals surface area contributed by atoms with Crippen LogP contribution in [0.3, 0.4) is 0 Å². The maximum absolute atomic E-state index is 12.8. The van der Waals surface area contributed by atoms with E-state index in [9.17, 15) is 4.79 Å². The van der Waals surface area contributed by atoms with Gasteiger partial charge < -0.3 is 0 Å². The maximum Gasteiger partial charge on any atom is 0.145 e. The van der Waals surface area contributed by atoms with Crippen molar-refractivity contribution in [3.05, 3.63) is 18.0 Å². The molecule has 0 saturated heterocycles. The van der Waals surface area contributed by atoms with Crippen LogP contribution in [0.4, 0.5) is 0 Å². The Kier molecular flexibility index (Phi) is 2.42. The van der Waals surface area contributed by atoms with E-state index in [2.05, 4.69) is 5.10 Å². The molecule has 3 heteroatoms. The first kappa shape index (κ1) is 11.7. The van der Waals surface area contributed by atoms with Crippen molar-refractivity contribution >= 4 is 5.78 Å². The van der Waals surface area contributed by atoms with Gasteiger partial charge in [-0.1, -0.05) is 0 Å². The molecule has 4 aliphatic rings. The zero-order valence-electron chi connectivity index (χ0n) is 11.6. The minimum absolute atomic E-state index is 0.0340. The molecule has 4 aliphatic carbocycles. The van der Waals surface area contributed by atoms with Gasteiger partial charge in [-0.2, -0.15) is 5.10 Å². The summed E-state index contributed by atoms with van der Waals surface area (Å²) in [6, 6.07) is 1.98. The molecule has 0 radical (unpaired) electrons. The minimum atomic E-state index is 0.0340. The van der Waals surface area contributed by atoms with Gasteiger partial charge in [0.1, 0.15) is 5.78 Å². The Balaban J connectivity index is 1.56. The first-order chi connectivity index (χ1) is 9.13. The molecule has 0 aliphatic heterocycles. The highest BCUT2D eigenvalue weighted by atomic mass is 16.1. The summed E-state index contributed by atoms with van der Waals surface area (Å²) < 4.78 is 1.79. The molecule has 5 rings (SSSR count). The minimum Gasteiger partial charge on any atom is -0.299 e. The van der Waals surface area contributed by atoms with Crippen LogP contribution >= 0.6 is 0 Å². The van der Waals surface area contributed by atoms with E-state index < -0.39 is 0 Å². The third-order valence-corrected chi connectivity index (χ3v) is 5.74. The topological polar surface area (TPSA) is 34.9 Å². The second-order valence-electron chi connectivity index (χ2n) is 7.28. The molecule has 102 valence electrons. The molecule has 4 saturated carbocycles. The van der Waals surface area contributed by atoms with Crippen molar-refractivity contribution in [3.8, 4) is 0 Å². The molecule has 1 heterocycles. The van der Waals surface area contributed by atoms with Crippen molar-refractivity contribution in [1.29, 1.82) is 0 Å². The number of Topliss-reactive ketones (excluding diaryl/α,β-unsaturated/α-hetero) is 1. The molecule has 0 unspecified atom stereocenters. The number of carbonyl (C=O) groups excluding carboxylic acids is 1. The second kappa shape index (κ2) is 3.94. The van der Waals surface area contributed by atoms with Crippen LogP contribution in [-0.2, 0) is 18.3 Å². The summed E-state index contributed by atoms with van der Waals surface area (Å²) in [5.41, 5.74) is 0.981. The predicted octanol–water partition coefficient (Wildman–Crippen LogP) is 2.75. The summed E-state index contributed by atoms with van der Waals surface area (Å²) in [7, 11) is 1.92. The molecular formula is C16H22N2O. The summed E-state index contributed by atoms with van der Waals surface area (Å²) in [5, 5.41) is 4.37. The first-order valence-corrected chi connectivity index (χ1v) is 7.65. The summed E-state index contributed by atoms with van der Waals surface area (Å²) in [4.78, 5) is 12.8. The maximum atomic E-state index is 12.8. The number of nitrogens with zero attached hydrogens (tertiary/aromatic N) is 2. The SMILES string of the molecule is Cn1ccc(CC(=O)C23CC4CC(CC(C4)C2)C3)n1. The molecule has 0 atom stereocenters. The van der Waals surface area contributed by atoms with E-state index >= 15 is 0 Å². The van der Waals surface area contributed by atoms with Crippen molar-refractivity contribution in [2.24, 2.45) is 30.2 Å². The van der Waals surface area contributed by atoms with Crippen molar-refractivity contribution in [2.75, 3.05) is 0 Å². The van der Waals surface area contributed by atoms with Crippen LogP contribution < -0.4 is 0 Å². The van der Waals surface area contributed by atoms with Crippen LogP contribution in [0.2, 0.25) is 0 Å². The van der Waals surface area contributed by atoms with Crippen molar-refractivity contribution in [3.63, 3.8) is 0 Å². The molecule has 1 aromatic heterocycles. The Hall–Kier alpha value is -1.12. The van der Waals surface area contributed by atoms with E-state index in [4.69, 9.17) is 0 Å². The number of ketones is 1. The lowest BCUT2D eigenvalue weighted by molar-refractivity contribution is -0.143. The lowest BCUT2D eigenvalue weighted by atomic mass is 9.48. The van der Waals surface area contributed by atoms with E-state index in [1.54, 1.807) is 4.68 Å². The summed E-state index contributed by atoms with van der Waals surface area (Å²) in [5.74, 6) is 3.02. The van der Waals surface area contributed by atoms with Gasteiger partial charge in [-0.05, 0) is 62.3 Å². The summed E-state index contributed by atoms with van der Waals surface area (Å²) in [6.07, 6.45) is 10.2.